The van der Waals surface area contributed by atoms with E-state index in [1.807, 2.05) is 19.0 Å². The van der Waals surface area contributed by atoms with Gasteiger partial charge in [0.1, 0.15) is 4.32 Å². The van der Waals surface area contributed by atoms with Gasteiger partial charge in [0.25, 0.3) is 0 Å². The number of thiocarbonyl (C=S) groups is 1. The Kier molecular flexibility index (Phi) is 5.60. The highest BCUT2D eigenvalue weighted by Crippen LogP contribution is 2.07. The molecule has 0 aromatic heterocycles. The molecule has 0 N–H and O–H groups in total. The molecule has 0 amide bonds. The number of rotatable bonds is 2. The Bertz CT molecular complexity index is 157. The average Bonchev–Trinajstić information content (AvgIpc) is 1.86. The molecule has 0 aliphatic heterocycles. The van der Waals surface area contributed by atoms with Crippen molar-refractivity contribution >= 4 is 28.3 Å². The van der Waals surface area contributed by atoms with Gasteiger partial charge in [0, 0.05) is 19.8 Å². The summed E-state index contributed by atoms with van der Waals surface area (Å²) in [6.45, 7) is 4.19. The SMILES string of the molecule is CC(C)=CCSC(=S)N(C)C. The second kappa shape index (κ2) is 5.61. The zero-order valence-corrected chi connectivity index (χ0v) is 9.18. The first-order valence-electron chi connectivity index (χ1n) is 3.51. The van der Waals surface area contributed by atoms with Crippen LogP contribution in [0.25, 0.3) is 0 Å². The topological polar surface area (TPSA) is 3.24 Å². The first kappa shape index (κ1) is 11.0. The van der Waals surface area contributed by atoms with E-state index in [4.69, 9.17) is 12.2 Å². The van der Waals surface area contributed by atoms with Gasteiger partial charge in [0.05, 0.1) is 0 Å². The molecule has 0 aliphatic carbocycles. The fraction of sp³-hybridized carbons (Fsp3) is 0.625. The summed E-state index contributed by atoms with van der Waals surface area (Å²) in [5, 5.41) is 0. The Morgan fingerprint density at radius 1 is 1.45 bits per heavy atom. The Balaban J connectivity index is 3.56. The average molecular weight is 189 g/mol. The lowest BCUT2D eigenvalue weighted by atomic mass is 10.3. The van der Waals surface area contributed by atoms with Crippen LogP contribution in [0.15, 0.2) is 11.6 Å². The summed E-state index contributed by atoms with van der Waals surface area (Å²) in [4.78, 5) is 1.96. The van der Waals surface area contributed by atoms with Crippen LogP contribution in [0.5, 0.6) is 0 Å². The van der Waals surface area contributed by atoms with Gasteiger partial charge in [-0.3, -0.25) is 0 Å². The van der Waals surface area contributed by atoms with E-state index < -0.39 is 0 Å². The molecule has 0 atom stereocenters. The van der Waals surface area contributed by atoms with Gasteiger partial charge >= 0.3 is 0 Å². The highest BCUT2D eigenvalue weighted by Gasteiger charge is 1.96. The maximum Gasteiger partial charge on any atom is 0.136 e. The molecule has 3 heteroatoms. The number of allylic oxidation sites excluding steroid dienone is 1. The fourth-order valence-electron chi connectivity index (χ4n) is 0.409. The van der Waals surface area contributed by atoms with Gasteiger partial charge in [-0.25, -0.2) is 0 Å². The van der Waals surface area contributed by atoms with Crippen LogP contribution in [-0.4, -0.2) is 29.1 Å². The molecule has 11 heavy (non-hydrogen) atoms. The second-order valence-electron chi connectivity index (χ2n) is 2.75. The highest BCUT2D eigenvalue weighted by molar-refractivity contribution is 8.23. The molecule has 0 saturated carbocycles. The monoisotopic (exact) mass is 189 g/mol. The molecular formula is C8H15NS2. The normalized spacial score (nSPS) is 9.09. The lowest BCUT2D eigenvalue weighted by molar-refractivity contribution is 0.648. The van der Waals surface area contributed by atoms with Crippen LogP contribution in [0.4, 0.5) is 0 Å². The van der Waals surface area contributed by atoms with Crippen LogP contribution in [0.2, 0.25) is 0 Å². The Morgan fingerprint density at radius 2 is 2.00 bits per heavy atom. The molecule has 0 spiro atoms. The van der Waals surface area contributed by atoms with Crippen molar-refractivity contribution in [1.82, 2.24) is 4.90 Å². The van der Waals surface area contributed by atoms with Crippen LogP contribution in [0.1, 0.15) is 13.8 Å². The first-order valence-corrected chi connectivity index (χ1v) is 4.91. The molecule has 0 unspecified atom stereocenters. The number of nitrogens with zero attached hydrogens (tertiary/aromatic N) is 1. The molecule has 64 valence electrons. The fourth-order valence-corrected chi connectivity index (χ4v) is 1.43. The van der Waals surface area contributed by atoms with Crippen molar-refractivity contribution in [3.63, 3.8) is 0 Å². The molecule has 1 nitrogen and oxygen atoms in total. The van der Waals surface area contributed by atoms with Crippen LogP contribution < -0.4 is 0 Å². The minimum absolute atomic E-state index is 0.947. The molecule has 0 heterocycles. The van der Waals surface area contributed by atoms with Crippen molar-refractivity contribution in [2.45, 2.75) is 13.8 Å². The third-order valence-corrected chi connectivity index (χ3v) is 2.73. The predicted molar refractivity (Wildman–Crippen MR) is 58.2 cm³/mol. The molecule has 0 bridgehead atoms. The summed E-state index contributed by atoms with van der Waals surface area (Å²) in [7, 11) is 3.94. The second-order valence-corrected chi connectivity index (χ2v) is 4.41. The van der Waals surface area contributed by atoms with Gasteiger partial charge in [-0.1, -0.05) is 35.6 Å². The maximum absolute atomic E-state index is 5.09. The van der Waals surface area contributed by atoms with E-state index in [1.54, 1.807) is 11.8 Å². The maximum atomic E-state index is 5.09. The van der Waals surface area contributed by atoms with Gasteiger partial charge in [-0.2, -0.15) is 0 Å². The summed E-state index contributed by atoms with van der Waals surface area (Å²) < 4.78 is 0.947. The summed E-state index contributed by atoms with van der Waals surface area (Å²) in [6.07, 6.45) is 2.18. The van der Waals surface area contributed by atoms with Gasteiger partial charge in [0.15, 0.2) is 0 Å². The zero-order valence-electron chi connectivity index (χ0n) is 7.55. The molecule has 0 fully saturated rings. The van der Waals surface area contributed by atoms with E-state index in [9.17, 15) is 0 Å². The minimum Gasteiger partial charge on any atom is -0.364 e. The van der Waals surface area contributed by atoms with Crippen LogP contribution in [0.3, 0.4) is 0 Å². The van der Waals surface area contributed by atoms with Gasteiger partial charge in [0.2, 0.25) is 0 Å². The molecule has 0 saturated heterocycles. The Labute approximate surface area is 78.8 Å². The summed E-state index contributed by atoms with van der Waals surface area (Å²) >= 11 is 6.78. The highest BCUT2D eigenvalue weighted by atomic mass is 32.2. The number of thioether (sulfide) groups is 1. The van der Waals surface area contributed by atoms with Crippen molar-refractivity contribution < 1.29 is 0 Å². The molecular weight excluding hydrogens is 174 g/mol. The minimum atomic E-state index is 0.947. The summed E-state index contributed by atoms with van der Waals surface area (Å²) in [5.41, 5.74) is 1.35. The van der Waals surface area contributed by atoms with Gasteiger partial charge in [-0.15, -0.1) is 0 Å². The molecule has 0 radical (unpaired) electrons. The summed E-state index contributed by atoms with van der Waals surface area (Å²) in [5.74, 6) is 0.985. The third-order valence-electron chi connectivity index (χ3n) is 1.06. The quantitative estimate of drug-likeness (QED) is 0.485. The van der Waals surface area contributed by atoms with E-state index in [0.29, 0.717) is 0 Å². The Hall–Kier alpha value is -0.0200. The predicted octanol–water partition coefficient (Wildman–Crippen LogP) is 2.53. The van der Waals surface area contributed by atoms with Crippen molar-refractivity contribution in [2.24, 2.45) is 0 Å². The zero-order chi connectivity index (χ0) is 8.85. The smallest absolute Gasteiger partial charge is 0.136 e. The first-order chi connectivity index (χ1) is 5.04. The lowest BCUT2D eigenvalue weighted by Crippen LogP contribution is -2.16. The van der Waals surface area contributed by atoms with E-state index in [0.717, 1.165) is 10.1 Å². The number of hydrogen-bond donors (Lipinski definition) is 0. The molecule has 0 aromatic carbocycles. The van der Waals surface area contributed by atoms with Crippen molar-refractivity contribution in [3.8, 4) is 0 Å². The number of hydrogen-bond acceptors (Lipinski definition) is 2. The molecule has 0 aromatic rings. The van der Waals surface area contributed by atoms with E-state index in [-0.39, 0.29) is 0 Å². The van der Waals surface area contributed by atoms with E-state index in [1.165, 1.54) is 5.57 Å². The van der Waals surface area contributed by atoms with E-state index >= 15 is 0 Å². The Morgan fingerprint density at radius 3 is 2.36 bits per heavy atom. The molecule has 0 rings (SSSR count). The van der Waals surface area contributed by atoms with Gasteiger partial charge in [-0.05, 0) is 13.8 Å². The van der Waals surface area contributed by atoms with Crippen molar-refractivity contribution in [1.29, 1.82) is 0 Å². The standard InChI is InChI=1S/C8H15NS2/c1-7(2)5-6-11-8(10)9(3)4/h5H,6H2,1-4H3. The van der Waals surface area contributed by atoms with E-state index in [2.05, 4.69) is 19.9 Å². The van der Waals surface area contributed by atoms with Crippen LogP contribution in [0, 0.1) is 0 Å². The van der Waals surface area contributed by atoms with Gasteiger partial charge < -0.3 is 4.90 Å². The third kappa shape index (κ3) is 6.38. The molecule has 0 aliphatic rings. The summed E-state index contributed by atoms with van der Waals surface area (Å²) in [6, 6.07) is 0. The van der Waals surface area contributed by atoms with Crippen LogP contribution >= 0.6 is 24.0 Å². The largest absolute Gasteiger partial charge is 0.364 e. The van der Waals surface area contributed by atoms with Crippen molar-refractivity contribution in [2.75, 3.05) is 19.8 Å². The van der Waals surface area contributed by atoms with Crippen molar-refractivity contribution in [3.05, 3.63) is 11.6 Å². The van der Waals surface area contributed by atoms with Crippen LogP contribution in [-0.2, 0) is 0 Å². The lowest BCUT2D eigenvalue weighted by Gasteiger charge is -2.11.